The highest BCUT2D eigenvalue weighted by Gasteiger charge is 2.27. The Bertz CT molecular complexity index is 1070. The van der Waals surface area contributed by atoms with Crippen LogP contribution in [0, 0.1) is 0 Å². The molecule has 0 bridgehead atoms. The summed E-state index contributed by atoms with van der Waals surface area (Å²) in [5.74, 6) is -0.353. The Morgan fingerprint density at radius 2 is 1.79 bits per heavy atom. The Morgan fingerprint density at radius 3 is 2.46 bits per heavy atom. The van der Waals surface area contributed by atoms with Crippen LogP contribution in [0.2, 0.25) is 0 Å². The quantitative estimate of drug-likeness (QED) is 0.719. The molecule has 1 saturated heterocycles. The van der Waals surface area contributed by atoms with Crippen molar-refractivity contribution in [3.63, 3.8) is 0 Å². The zero-order valence-electron chi connectivity index (χ0n) is 15.2. The SMILES string of the molecule is O=C(Nc1ccc(-n2ccnc2)cc1)c1cccc(S(=O)(=O)N2CCCC2)c1. The van der Waals surface area contributed by atoms with Crippen molar-refractivity contribution < 1.29 is 13.2 Å². The number of rotatable bonds is 5. The second kappa shape index (κ2) is 7.57. The van der Waals surface area contributed by atoms with Gasteiger partial charge in [0, 0.05) is 42.4 Å². The van der Waals surface area contributed by atoms with Crippen molar-refractivity contribution in [3.05, 3.63) is 72.8 Å². The summed E-state index contributed by atoms with van der Waals surface area (Å²) in [6, 6.07) is 13.5. The summed E-state index contributed by atoms with van der Waals surface area (Å²) in [6.45, 7) is 1.06. The van der Waals surface area contributed by atoms with Crippen LogP contribution in [0.4, 0.5) is 5.69 Å². The highest BCUT2D eigenvalue weighted by atomic mass is 32.2. The molecule has 0 atom stereocenters. The number of nitrogens with zero attached hydrogens (tertiary/aromatic N) is 3. The van der Waals surface area contributed by atoms with E-state index in [1.807, 2.05) is 22.9 Å². The van der Waals surface area contributed by atoms with E-state index < -0.39 is 10.0 Å². The molecule has 0 aliphatic carbocycles. The van der Waals surface area contributed by atoms with Crippen molar-refractivity contribution in [3.8, 4) is 5.69 Å². The lowest BCUT2D eigenvalue weighted by Gasteiger charge is -2.16. The monoisotopic (exact) mass is 396 g/mol. The molecule has 1 aliphatic rings. The van der Waals surface area contributed by atoms with Gasteiger partial charge in [-0.15, -0.1) is 0 Å². The molecular formula is C20H20N4O3S. The lowest BCUT2D eigenvalue weighted by atomic mass is 10.2. The number of hydrogen-bond acceptors (Lipinski definition) is 4. The lowest BCUT2D eigenvalue weighted by molar-refractivity contribution is 0.102. The van der Waals surface area contributed by atoms with Crippen LogP contribution in [0.1, 0.15) is 23.2 Å². The van der Waals surface area contributed by atoms with Gasteiger partial charge in [0.05, 0.1) is 11.2 Å². The van der Waals surface area contributed by atoms with E-state index >= 15 is 0 Å². The van der Waals surface area contributed by atoms with Crippen LogP contribution in [-0.2, 0) is 10.0 Å². The van der Waals surface area contributed by atoms with Gasteiger partial charge in [-0.05, 0) is 55.3 Å². The van der Waals surface area contributed by atoms with E-state index in [1.165, 1.54) is 16.4 Å². The van der Waals surface area contributed by atoms with Crippen LogP contribution >= 0.6 is 0 Å². The lowest BCUT2D eigenvalue weighted by Crippen LogP contribution is -2.28. The molecule has 8 heteroatoms. The van der Waals surface area contributed by atoms with E-state index in [-0.39, 0.29) is 10.8 Å². The summed E-state index contributed by atoms with van der Waals surface area (Å²) in [5.41, 5.74) is 1.86. The van der Waals surface area contributed by atoms with Gasteiger partial charge in [-0.25, -0.2) is 13.4 Å². The van der Waals surface area contributed by atoms with Gasteiger partial charge in [0.1, 0.15) is 0 Å². The first-order valence-corrected chi connectivity index (χ1v) is 10.5. The van der Waals surface area contributed by atoms with E-state index in [9.17, 15) is 13.2 Å². The Balaban J connectivity index is 1.51. The van der Waals surface area contributed by atoms with Crippen LogP contribution in [0.25, 0.3) is 5.69 Å². The molecule has 2 heterocycles. The third-order valence-electron chi connectivity index (χ3n) is 4.73. The average molecular weight is 396 g/mol. The van der Waals surface area contributed by atoms with Crippen LogP contribution < -0.4 is 5.32 Å². The Hall–Kier alpha value is -2.97. The standard InChI is InChI=1S/C20H20N4O3S/c25-20(22-17-6-8-18(9-7-17)23-13-10-21-15-23)16-4-3-5-19(14-16)28(26,27)24-11-1-2-12-24/h3-10,13-15H,1-2,11-12H2,(H,22,25). The molecule has 1 aliphatic heterocycles. The Labute approximate surface area is 163 Å². The molecule has 1 fully saturated rings. The van der Waals surface area contributed by atoms with Crippen molar-refractivity contribution in [1.29, 1.82) is 0 Å². The molecule has 3 aromatic rings. The zero-order valence-corrected chi connectivity index (χ0v) is 16.0. The number of imidazole rings is 1. The molecule has 0 spiro atoms. The maximum Gasteiger partial charge on any atom is 0.255 e. The van der Waals surface area contributed by atoms with Crippen molar-refractivity contribution in [2.24, 2.45) is 0 Å². The Kier molecular flexibility index (Phi) is 4.97. The minimum Gasteiger partial charge on any atom is -0.322 e. The van der Waals surface area contributed by atoms with Crippen LogP contribution in [0.5, 0.6) is 0 Å². The molecule has 0 radical (unpaired) electrons. The number of benzene rings is 2. The van der Waals surface area contributed by atoms with Gasteiger partial charge < -0.3 is 9.88 Å². The molecule has 4 rings (SSSR count). The summed E-state index contributed by atoms with van der Waals surface area (Å²) in [7, 11) is -3.55. The number of sulfonamides is 1. The molecule has 28 heavy (non-hydrogen) atoms. The normalized spacial score (nSPS) is 14.9. The van der Waals surface area contributed by atoms with Crippen molar-refractivity contribution in [1.82, 2.24) is 13.9 Å². The van der Waals surface area contributed by atoms with Gasteiger partial charge >= 0.3 is 0 Å². The predicted molar refractivity (Wildman–Crippen MR) is 106 cm³/mol. The first-order chi connectivity index (χ1) is 13.5. The van der Waals surface area contributed by atoms with Crippen LogP contribution in [0.15, 0.2) is 72.1 Å². The summed E-state index contributed by atoms with van der Waals surface area (Å²) in [5, 5.41) is 2.81. The van der Waals surface area contributed by atoms with Crippen molar-refractivity contribution in [2.75, 3.05) is 18.4 Å². The fourth-order valence-corrected chi connectivity index (χ4v) is 4.77. The van der Waals surface area contributed by atoms with Crippen molar-refractivity contribution >= 4 is 21.6 Å². The van der Waals surface area contributed by atoms with E-state index in [4.69, 9.17) is 0 Å². The average Bonchev–Trinajstić information content (AvgIpc) is 3.43. The van der Waals surface area contributed by atoms with Gasteiger partial charge in [0.15, 0.2) is 0 Å². The van der Waals surface area contributed by atoms with Gasteiger partial charge in [0.25, 0.3) is 5.91 Å². The first kappa shape index (κ1) is 18.4. The van der Waals surface area contributed by atoms with Gasteiger partial charge in [-0.1, -0.05) is 6.07 Å². The minimum atomic E-state index is -3.55. The molecule has 1 amide bonds. The fourth-order valence-electron chi connectivity index (χ4n) is 3.21. The number of nitrogens with one attached hydrogen (secondary N) is 1. The van der Waals surface area contributed by atoms with E-state index in [0.717, 1.165) is 18.5 Å². The summed E-state index contributed by atoms with van der Waals surface area (Å²) >= 11 is 0. The third-order valence-corrected chi connectivity index (χ3v) is 6.62. The Morgan fingerprint density at radius 1 is 1.04 bits per heavy atom. The molecule has 0 saturated carbocycles. The second-order valence-corrected chi connectivity index (χ2v) is 8.55. The first-order valence-electron chi connectivity index (χ1n) is 9.04. The molecule has 1 N–H and O–H groups in total. The molecule has 144 valence electrons. The van der Waals surface area contributed by atoms with Gasteiger partial charge in [-0.3, -0.25) is 4.79 Å². The molecule has 1 aromatic heterocycles. The fraction of sp³-hybridized carbons (Fsp3) is 0.200. The third kappa shape index (κ3) is 3.69. The number of hydrogen-bond donors (Lipinski definition) is 1. The highest BCUT2D eigenvalue weighted by molar-refractivity contribution is 7.89. The second-order valence-electron chi connectivity index (χ2n) is 6.61. The van der Waals surface area contributed by atoms with E-state index in [1.54, 1.807) is 36.8 Å². The minimum absolute atomic E-state index is 0.150. The van der Waals surface area contributed by atoms with Gasteiger partial charge in [-0.2, -0.15) is 4.31 Å². The summed E-state index contributed by atoms with van der Waals surface area (Å²) < 4.78 is 28.7. The predicted octanol–water partition coefficient (Wildman–Crippen LogP) is 2.91. The maximum absolute atomic E-state index is 12.7. The van der Waals surface area contributed by atoms with E-state index in [2.05, 4.69) is 10.3 Å². The maximum atomic E-state index is 12.7. The zero-order chi connectivity index (χ0) is 19.6. The summed E-state index contributed by atoms with van der Waals surface area (Å²) in [4.78, 5) is 16.8. The number of carbonyl (C=O) groups is 1. The topological polar surface area (TPSA) is 84.3 Å². The molecule has 2 aromatic carbocycles. The highest BCUT2D eigenvalue weighted by Crippen LogP contribution is 2.22. The molecule has 0 unspecified atom stereocenters. The van der Waals surface area contributed by atoms with E-state index in [0.29, 0.717) is 24.3 Å². The summed E-state index contributed by atoms with van der Waals surface area (Å²) in [6.07, 6.45) is 6.96. The molecule has 7 nitrogen and oxygen atoms in total. The van der Waals surface area contributed by atoms with Crippen LogP contribution in [-0.4, -0.2) is 41.3 Å². The molecular weight excluding hydrogens is 376 g/mol. The number of aromatic nitrogens is 2. The largest absolute Gasteiger partial charge is 0.322 e. The number of anilines is 1. The van der Waals surface area contributed by atoms with Gasteiger partial charge in [0.2, 0.25) is 10.0 Å². The van der Waals surface area contributed by atoms with Crippen LogP contribution in [0.3, 0.4) is 0 Å². The number of carbonyl (C=O) groups excluding carboxylic acids is 1. The van der Waals surface area contributed by atoms with Crippen molar-refractivity contribution in [2.45, 2.75) is 17.7 Å². The smallest absolute Gasteiger partial charge is 0.255 e. The number of amides is 1.